The van der Waals surface area contributed by atoms with Crippen molar-refractivity contribution in [3.05, 3.63) is 0 Å². The fourth-order valence-corrected chi connectivity index (χ4v) is 2.41. The Bertz CT molecular complexity index is 258. The minimum absolute atomic E-state index is 0. The molecule has 0 aliphatic heterocycles. The number of guanidine groups is 1. The molecule has 0 aliphatic rings. The smallest absolute Gasteiger partial charge is 0.191 e. The Morgan fingerprint density at radius 3 is 2.19 bits per heavy atom. The van der Waals surface area contributed by atoms with Crippen molar-refractivity contribution in [1.82, 2.24) is 15.5 Å². The molecule has 128 valence electrons. The molecule has 21 heavy (non-hydrogen) atoms. The average Bonchev–Trinajstić information content (AvgIpc) is 2.45. The van der Waals surface area contributed by atoms with Gasteiger partial charge in [0.2, 0.25) is 0 Å². The maximum atomic E-state index is 5.31. The molecule has 0 rings (SSSR count). The molecule has 0 aromatic rings. The van der Waals surface area contributed by atoms with Crippen LogP contribution in [0.2, 0.25) is 0 Å². The lowest BCUT2D eigenvalue weighted by Gasteiger charge is -2.32. The van der Waals surface area contributed by atoms with Crippen molar-refractivity contribution >= 4 is 29.9 Å². The molecule has 2 N–H and O–H groups in total. The molecule has 0 radical (unpaired) electrons. The minimum atomic E-state index is 0. The van der Waals surface area contributed by atoms with Gasteiger partial charge in [0, 0.05) is 32.8 Å². The van der Waals surface area contributed by atoms with E-state index in [0.29, 0.717) is 18.6 Å². The molecule has 1 atom stereocenters. The van der Waals surface area contributed by atoms with Crippen molar-refractivity contribution in [3.8, 4) is 0 Å². The SMILES string of the molecule is CCOCCNC(=NC)NCC(C(CC)CC)N(C)C.I. The van der Waals surface area contributed by atoms with E-state index in [-0.39, 0.29) is 24.0 Å². The number of aliphatic imine (C=N–C) groups is 1. The zero-order valence-corrected chi connectivity index (χ0v) is 16.9. The number of halogens is 1. The third-order valence-electron chi connectivity index (χ3n) is 3.70. The Kier molecular flexibility index (Phi) is 16.4. The van der Waals surface area contributed by atoms with Crippen LogP contribution in [0.25, 0.3) is 0 Å². The van der Waals surface area contributed by atoms with E-state index >= 15 is 0 Å². The summed E-state index contributed by atoms with van der Waals surface area (Å²) in [6.45, 7) is 9.69. The summed E-state index contributed by atoms with van der Waals surface area (Å²) < 4.78 is 5.31. The summed E-state index contributed by atoms with van der Waals surface area (Å²) in [6.07, 6.45) is 2.41. The van der Waals surface area contributed by atoms with E-state index in [4.69, 9.17) is 4.74 Å². The van der Waals surface area contributed by atoms with Gasteiger partial charge in [0.25, 0.3) is 0 Å². The Balaban J connectivity index is 0. The highest BCUT2D eigenvalue weighted by molar-refractivity contribution is 14.0. The molecule has 0 heterocycles. The van der Waals surface area contributed by atoms with Gasteiger partial charge in [-0.25, -0.2) is 0 Å². The Hall–Kier alpha value is -0.0800. The van der Waals surface area contributed by atoms with Crippen LogP contribution in [0.1, 0.15) is 33.6 Å². The first-order valence-corrected chi connectivity index (χ1v) is 7.79. The summed E-state index contributed by atoms with van der Waals surface area (Å²) in [6, 6.07) is 0.524. The number of rotatable bonds is 10. The van der Waals surface area contributed by atoms with Gasteiger partial charge in [0.05, 0.1) is 6.61 Å². The first kappa shape index (κ1) is 23.2. The first-order chi connectivity index (χ1) is 9.60. The Morgan fingerprint density at radius 1 is 1.14 bits per heavy atom. The quantitative estimate of drug-likeness (QED) is 0.249. The van der Waals surface area contributed by atoms with Crippen molar-refractivity contribution in [2.75, 3.05) is 47.4 Å². The molecule has 1 unspecified atom stereocenters. The van der Waals surface area contributed by atoms with Crippen molar-refractivity contribution in [1.29, 1.82) is 0 Å². The first-order valence-electron chi connectivity index (χ1n) is 7.79. The molecule has 0 aliphatic carbocycles. The Morgan fingerprint density at radius 2 is 1.76 bits per heavy atom. The lowest BCUT2D eigenvalue weighted by molar-refractivity contribution is 0.152. The fraction of sp³-hybridized carbons (Fsp3) is 0.933. The van der Waals surface area contributed by atoms with Crippen LogP contribution >= 0.6 is 24.0 Å². The zero-order valence-electron chi connectivity index (χ0n) is 14.6. The number of nitrogens with zero attached hydrogens (tertiary/aromatic N) is 2. The van der Waals surface area contributed by atoms with Crippen molar-refractivity contribution in [2.45, 2.75) is 39.7 Å². The van der Waals surface area contributed by atoms with Gasteiger partial charge >= 0.3 is 0 Å². The highest BCUT2D eigenvalue weighted by Crippen LogP contribution is 2.16. The Labute approximate surface area is 148 Å². The van der Waals surface area contributed by atoms with Gasteiger partial charge in [0.1, 0.15) is 0 Å². The van der Waals surface area contributed by atoms with Crippen LogP contribution in [0.4, 0.5) is 0 Å². The van der Waals surface area contributed by atoms with Crippen molar-refractivity contribution in [3.63, 3.8) is 0 Å². The summed E-state index contributed by atoms with van der Waals surface area (Å²) in [5.41, 5.74) is 0. The van der Waals surface area contributed by atoms with E-state index in [0.717, 1.165) is 25.7 Å². The molecule has 0 bridgehead atoms. The molecule has 0 aromatic carbocycles. The molecule has 5 nitrogen and oxygen atoms in total. The van der Waals surface area contributed by atoms with Gasteiger partial charge in [-0.15, -0.1) is 24.0 Å². The van der Waals surface area contributed by atoms with Gasteiger partial charge in [-0.1, -0.05) is 26.7 Å². The number of hydrogen-bond acceptors (Lipinski definition) is 3. The largest absolute Gasteiger partial charge is 0.380 e. The summed E-state index contributed by atoms with van der Waals surface area (Å²) in [7, 11) is 6.10. The summed E-state index contributed by atoms with van der Waals surface area (Å²) in [5, 5.41) is 6.69. The molecule has 0 saturated carbocycles. The number of nitrogens with one attached hydrogen (secondary N) is 2. The molecule has 0 aromatic heterocycles. The maximum absolute atomic E-state index is 5.31. The molecule has 0 amide bonds. The molecular formula is C15H35IN4O. The van der Waals surface area contributed by atoms with Crippen LogP contribution in [0.3, 0.4) is 0 Å². The number of hydrogen-bond donors (Lipinski definition) is 2. The molecule has 0 saturated heterocycles. The number of likely N-dealkylation sites (N-methyl/N-ethyl adjacent to an activating group) is 1. The van der Waals surface area contributed by atoms with Crippen LogP contribution in [-0.2, 0) is 4.74 Å². The van der Waals surface area contributed by atoms with Crippen molar-refractivity contribution in [2.24, 2.45) is 10.9 Å². The van der Waals surface area contributed by atoms with E-state index in [2.05, 4.69) is 48.5 Å². The summed E-state index contributed by atoms with van der Waals surface area (Å²) in [5.74, 6) is 1.56. The average molecular weight is 414 g/mol. The van der Waals surface area contributed by atoms with Crippen LogP contribution in [0.5, 0.6) is 0 Å². The van der Waals surface area contributed by atoms with Gasteiger partial charge in [0.15, 0.2) is 5.96 Å². The van der Waals surface area contributed by atoms with Gasteiger partial charge in [-0.05, 0) is 26.9 Å². The van der Waals surface area contributed by atoms with Gasteiger partial charge in [-0.3, -0.25) is 4.99 Å². The van der Waals surface area contributed by atoms with Gasteiger partial charge < -0.3 is 20.3 Å². The molecule has 0 spiro atoms. The predicted octanol–water partition coefficient (Wildman–Crippen LogP) is 2.17. The minimum Gasteiger partial charge on any atom is -0.380 e. The lowest BCUT2D eigenvalue weighted by atomic mass is 9.93. The molecule has 0 fully saturated rings. The summed E-state index contributed by atoms with van der Waals surface area (Å²) >= 11 is 0. The van der Waals surface area contributed by atoms with E-state index in [1.54, 1.807) is 7.05 Å². The normalized spacial score (nSPS) is 13.2. The highest BCUT2D eigenvalue weighted by atomic mass is 127. The van der Waals surface area contributed by atoms with E-state index < -0.39 is 0 Å². The standard InChI is InChI=1S/C15H34N4O.HI/c1-7-13(8-2)14(19(5)6)12-18-15(16-4)17-10-11-20-9-3;/h13-14H,7-12H2,1-6H3,(H2,16,17,18);1H. The van der Waals surface area contributed by atoms with Crippen LogP contribution in [-0.4, -0.2) is 64.3 Å². The molecular weight excluding hydrogens is 379 g/mol. The second-order valence-corrected chi connectivity index (χ2v) is 5.18. The second-order valence-electron chi connectivity index (χ2n) is 5.18. The van der Waals surface area contributed by atoms with Crippen LogP contribution in [0, 0.1) is 5.92 Å². The molecule has 6 heteroatoms. The van der Waals surface area contributed by atoms with E-state index in [1.807, 2.05) is 6.92 Å². The number of ether oxygens (including phenoxy) is 1. The predicted molar refractivity (Wildman–Crippen MR) is 103 cm³/mol. The highest BCUT2D eigenvalue weighted by Gasteiger charge is 2.20. The fourth-order valence-electron chi connectivity index (χ4n) is 2.41. The van der Waals surface area contributed by atoms with Gasteiger partial charge in [-0.2, -0.15) is 0 Å². The lowest BCUT2D eigenvalue weighted by Crippen LogP contribution is -2.48. The zero-order chi connectivity index (χ0) is 15.4. The van der Waals surface area contributed by atoms with Crippen molar-refractivity contribution < 1.29 is 4.74 Å². The van der Waals surface area contributed by atoms with E-state index in [9.17, 15) is 0 Å². The van der Waals surface area contributed by atoms with Crippen LogP contribution in [0.15, 0.2) is 4.99 Å². The maximum Gasteiger partial charge on any atom is 0.191 e. The third-order valence-corrected chi connectivity index (χ3v) is 3.70. The third kappa shape index (κ3) is 10.3. The second kappa shape index (κ2) is 14.8. The monoisotopic (exact) mass is 414 g/mol. The topological polar surface area (TPSA) is 48.9 Å². The summed E-state index contributed by atoms with van der Waals surface area (Å²) in [4.78, 5) is 6.55. The van der Waals surface area contributed by atoms with E-state index in [1.165, 1.54) is 12.8 Å². The van der Waals surface area contributed by atoms with Crippen LogP contribution < -0.4 is 10.6 Å².